The summed E-state index contributed by atoms with van der Waals surface area (Å²) in [5.74, 6) is 0. The van der Waals surface area contributed by atoms with Crippen molar-refractivity contribution in [1.82, 2.24) is 4.90 Å². The minimum absolute atomic E-state index is 0.329. The molecule has 17 heavy (non-hydrogen) atoms. The number of aryl methyl sites for hydroxylation is 1. The zero-order valence-corrected chi connectivity index (χ0v) is 11.4. The van der Waals surface area contributed by atoms with Gasteiger partial charge in [-0.25, -0.2) is 0 Å². The van der Waals surface area contributed by atoms with E-state index in [-0.39, 0.29) is 0 Å². The van der Waals surface area contributed by atoms with Crippen molar-refractivity contribution in [2.45, 2.75) is 57.2 Å². The molecule has 3 heteroatoms. The van der Waals surface area contributed by atoms with Crippen LogP contribution in [0.25, 0.3) is 0 Å². The molecule has 1 aliphatic heterocycles. The third kappa shape index (κ3) is 2.28. The molecule has 2 fully saturated rings. The Hall–Kier alpha value is -0.380. The minimum Gasteiger partial charge on any atom is -0.326 e. The van der Waals surface area contributed by atoms with Crippen LogP contribution in [0, 0.1) is 6.92 Å². The summed E-state index contributed by atoms with van der Waals surface area (Å²) in [4.78, 5) is 4.22. The van der Waals surface area contributed by atoms with Crippen molar-refractivity contribution in [2.75, 3.05) is 6.54 Å². The highest BCUT2D eigenvalue weighted by atomic mass is 32.1. The van der Waals surface area contributed by atoms with Gasteiger partial charge >= 0.3 is 0 Å². The molecule has 2 heterocycles. The van der Waals surface area contributed by atoms with Crippen LogP contribution in [0.1, 0.15) is 48.6 Å². The molecule has 1 aromatic rings. The largest absolute Gasteiger partial charge is 0.326 e. The van der Waals surface area contributed by atoms with E-state index in [1.807, 2.05) is 11.3 Å². The number of rotatable bonds is 2. The molecule has 0 bridgehead atoms. The van der Waals surface area contributed by atoms with E-state index in [9.17, 15) is 0 Å². The third-order valence-corrected chi connectivity index (χ3v) is 5.24. The molecule has 0 radical (unpaired) electrons. The fraction of sp³-hybridized carbons (Fsp3) is 0.714. The fourth-order valence-electron chi connectivity index (χ4n) is 3.07. The molecule has 1 saturated carbocycles. The third-order valence-electron chi connectivity index (χ3n) is 4.15. The quantitative estimate of drug-likeness (QED) is 0.874. The van der Waals surface area contributed by atoms with Crippen LogP contribution in [0.15, 0.2) is 11.4 Å². The number of nitrogens with two attached hydrogens (primary N) is 1. The molecule has 2 N–H and O–H groups in total. The van der Waals surface area contributed by atoms with Gasteiger partial charge in [0.2, 0.25) is 0 Å². The normalized spacial score (nSPS) is 31.4. The van der Waals surface area contributed by atoms with E-state index in [1.165, 1.54) is 49.1 Å². The number of nitrogens with zero attached hydrogens (tertiary/aromatic N) is 1. The van der Waals surface area contributed by atoms with Crippen molar-refractivity contribution >= 4 is 11.3 Å². The number of hydrogen-bond donors (Lipinski definition) is 1. The first-order chi connectivity index (χ1) is 8.27. The average molecular weight is 250 g/mol. The summed E-state index contributed by atoms with van der Waals surface area (Å²) >= 11 is 1.90. The van der Waals surface area contributed by atoms with Crippen LogP contribution in [-0.4, -0.2) is 23.5 Å². The van der Waals surface area contributed by atoms with Crippen LogP contribution < -0.4 is 5.73 Å². The Morgan fingerprint density at radius 1 is 1.29 bits per heavy atom. The first kappa shape index (κ1) is 11.7. The van der Waals surface area contributed by atoms with Crippen LogP contribution in [-0.2, 0) is 0 Å². The van der Waals surface area contributed by atoms with Gasteiger partial charge in [0.15, 0.2) is 0 Å². The molecule has 1 saturated heterocycles. The Kier molecular flexibility index (Phi) is 3.24. The fourth-order valence-corrected chi connectivity index (χ4v) is 4.19. The lowest BCUT2D eigenvalue weighted by molar-refractivity contribution is 0.178. The second-order valence-corrected chi connectivity index (χ2v) is 6.49. The molecule has 2 nitrogen and oxygen atoms in total. The SMILES string of the molecule is Cc1ccsc1C1C(N)CCCCN1C1CC1. The van der Waals surface area contributed by atoms with Gasteiger partial charge in [-0.3, -0.25) is 4.90 Å². The zero-order chi connectivity index (χ0) is 11.8. The van der Waals surface area contributed by atoms with Crippen molar-refractivity contribution in [3.8, 4) is 0 Å². The van der Waals surface area contributed by atoms with E-state index < -0.39 is 0 Å². The standard InChI is InChI=1S/C14H22N2S/c1-10-7-9-17-14(10)13-12(15)4-2-3-8-16(13)11-5-6-11/h7,9,11-13H,2-6,8,15H2,1H3. The van der Waals surface area contributed by atoms with E-state index in [2.05, 4.69) is 23.3 Å². The molecule has 2 unspecified atom stereocenters. The summed E-state index contributed by atoms with van der Waals surface area (Å²) in [6, 6.07) is 3.88. The molecule has 0 spiro atoms. The van der Waals surface area contributed by atoms with Crippen LogP contribution in [0.5, 0.6) is 0 Å². The lowest BCUT2D eigenvalue weighted by atomic mass is 10.0. The average Bonchev–Trinajstić information content (AvgIpc) is 3.08. The number of thiophene rings is 1. The molecule has 2 atom stereocenters. The number of likely N-dealkylation sites (tertiary alicyclic amines) is 1. The van der Waals surface area contributed by atoms with Gasteiger partial charge in [0.1, 0.15) is 0 Å². The van der Waals surface area contributed by atoms with E-state index in [0.717, 1.165) is 6.04 Å². The van der Waals surface area contributed by atoms with Gasteiger partial charge < -0.3 is 5.73 Å². The summed E-state index contributed by atoms with van der Waals surface area (Å²) in [7, 11) is 0. The van der Waals surface area contributed by atoms with Crippen molar-refractivity contribution < 1.29 is 0 Å². The van der Waals surface area contributed by atoms with E-state index in [4.69, 9.17) is 5.73 Å². The van der Waals surface area contributed by atoms with E-state index >= 15 is 0 Å². The Morgan fingerprint density at radius 2 is 2.12 bits per heavy atom. The van der Waals surface area contributed by atoms with Crippen LogP contribution in [0.4, 0.5) is 0 Å². The van der Waals surface area contributed by atoms with Crippen molar-refractivity contribution in [3.63, 3.8) is 0 Å². The molecular formula is C14H22N2S. The zero-order valence-electron chi connectivity index (χ0n) is 10.6. The summed E-state index contributed by atoms with van der Waals surface area (Å²) in [5.41, 5.74) is 7.89. The Morgan fingerprint density at radius 3 is 2.76 bits per heavy atom. The smallest absolute Gasteiger partial charge is 0.0598 e. The predicted octanol–water partition coefficient (Wildman–Crippen LogP) is 3.07. The topological polar surface area (TPSA) is 29.3 Å². The molecule has 1 aromatic heterocycles. The van der Waals surface area contributed by atoms with E-state index in [0.29, 0.717) is 12.1 Å². The second kappa shape index (κ2) is 4.71. The molecular weight excluding hydrogens is 228 g/mol. The molecule has 1 aliphatic carbocycles. The van der Waals surface area contributed by atoms with Gasteiger partial charge in [-0.2, -0.15) is 0 Å². The monoisotopic (exact) mass is 250 g/mol. The summed E-state index contributed by atoms with van der Waals surface area (Å²) in [6.45, 7) is 3.48. The Balaban J connectivity index is 1.92. The lowest BCUT2D eigenvalue weighted by Crippen LogP contribution is -2.40. The van der Waals surface area contributed by atoms with Gasteiger partial charge in [0, 0.05) is 17.0 Å². The highest BCUT2D eigenvalue weighted by Gasteiger charge is 2.39. The van der Waals surface area contributed by atoms with Crippen LogP contribution >= 0.6 is 11.3 Å². The Bertz CT molecular complexity index is 383. The second-order valence-electron chi connectivity index (χ2n) is 5.54. The highest BCUT2D eigenvalue weighted by Crippen LogP contribution is 2.41. The summed E-state index contributed by atoms with van der Waals surface area (Å²) < 4.78 is 0. The van der Waals surface area contributed by atoms with Gasteiger partial charge in [-0.1, -0.05) is 6.42 Å². The molecule has 3 rings (SSSR count). The van der Waals surface area contributed by atoms with Crippen molar-refractivity contribution in [3.05, 3.63) is 21.9 Å². The lowest BCUT2D eigenvalue weighted by Gasteiger charge is -2.33. The summed E-state index contributed by atoms with van der Waals surface area (Å²) in [6.07, 6.45) is 6.57. The summed E-state index contributed by atoms with van der Waals surface area (Å²) in [5, 5.41) is 2.22. The maximum absolute atomic E-state index is 6.46. The predicted molar refractivity (Wildman–Crippen MR) is 73.4 cm³/mol. The van der Waals surface area contributed by atoms with Gasteiger partial charge in [-0.15, -0.1) is 11.3 Å². The van der Waals surface area contributed by atoms with Gasteiger partial charge in [0.25, 0.3) is 0 Å². The van der Waals surface area contributed by atoms with Crippen LogP contribution in [0.2, 0.25) is 0 Å². The maximum atomic E-state index is 6.46. The van der Waals surface area contributed by atoms with Gasteiger partial charge in [0.05, 0.1) is 6.04 Å². The number of hydrogen-bond acceptors (Lipinski definition) is 3. The molecule has 0 amide bonds. The molecule has 94 valence electrons. The molecule has 0 aromatic carbocycles. The first-order valence-corrected chi connectivity index (χ1v) is 7.70. The maximum Gasteiger partial charge on any atom is 0.0598 e. The van der Waals surface area contributed by atoms with Crippen LogP contribution in [0.3, 0.4) is 0 Å². The first-order valence-electron chi connectivity index (χ1n) is 6.82. The van der Waals surface area contributed by atoms with Crippen molar-refractivity contribution in [1.29, 1.82) is 0 Å². The van der Waals surface area contributed by atoms with Gasteiger partial charge in [-0.05, 0) is 56.2 Å². The minimum atomic E-state index is 0.329. The molecule has 2 aliphatic rings. The Labute approximate surface area is 108 Å². The van der Waals surface area contributed by atoms with Crippen molar-refractivity contribution in [2.24, 2.45) is 5.73 Å². The van der Waals surface area contributed by atoms with E-state index in [1.54, 1.807) is 0 Å². The highest BCUT2D eigenvalue weighted by molar-refractivity contribution is 7.10.